The maximum absolute atomic E-state index is 12.8. The Balaban J connectivity index is 1.66. The van der Waals surface area contributed by atoms with Crippen LogP contribution < -0.4 is 10.6 Å². The van der Waals surface area contributed by atoms with Crippen LogP contribution >= 0.6 is 0 Å². The van der Waals surface area contributed by atoms with Gasteiger partial charge in [-0.15, -0.1) is 0 Å². The van der Waals surface area contributed by atoms with Crippen LogP contribution in [-0.2, 0) is 7.05 Å². The molecular weight excluding hydrogens is 366 g/mol. The average molecular weight is 391 g/mol. The lowest BCUT2D eigenvalue weighted by Crippen LogP contribution is -2.39. The standard InChI is InChI=1S/C21H25N7O/c1-13-9-16(22)10-18(13)24-21(29)25-20-14(2)19(15-11-23-27(3)12-15)26-28(20)17-7-5-4-6-8-17/h4-8,11-13,18,22H,9-10H2,1-3H3,(H2,24,25,29)/t13-,18-/m1/s1. The van der Waals surface area contributed by atoms with Crippen molar-refractivity contribution in [2.24, 2.45) is 13.0 Å². The first-order valence-corrected chi connectivity index (χ1v) is 9.70. The highest BCUT2D eigenvalue weighted by Gasteiger charge is 2.29. The molecule has 2 aromatic heterocycles. The van der Waals surface area contributed by atoms with E-state index in [1.165, 1.54) is 0 Å². The summed E-state index contributed by atoms with van der Waals surface area (Å²) in [5.41, 5.74) is 4.07. The summed E-state index contributed by atoms with van der Waals surface area (Å²) in [5, 5.41) is 22.9. The molecule has 2 heterocycles. The van der Waals surface area contributed by atoms with Crippen molar-refractivity contribution in [1.82, 2.24) is 24.9 Å². The molecule has 0 unspecified atom stereocenters. The van der Waals surface area contributed by atoms with E-state index in [4.69, 9.17) is 10.5 Å². The summed E-state index contributed by atoms with van der Waals surface area (Å²) < 4.78 is 3.48. The Bertz CT molecular complexity index is 1050. The summed E-state index contributed by atoms with van der Waals surface area (Å²) in [7, 11) is 1.86. The Morgan fingerprint density at radius 2 is 2.00 bits per heavy atom. The second kappa shape index (κ2) is 7.54. The van der Waals surface area contributed by atoms with Gasteiger partial charge < -0.3 is 10.7 Å². The molecule has 1 fully saturated rings. The van der Waals surface area contributed by atoms with E-state index in [9.17, 15) is 4.79 Å². The van der Waals surface area contributed by atoms with Crippen LogP contribution in [0.3, 0.4) is 0 Å². The van der Waals surface area contributed by atoms with Gasteiger partial charge in [-0.2, -0.15) is 10.2 Å². The number of nitrogens with one attached hydrogen (secondary N) is 3. The van der Waals surface area contributed by atoms with Crippen LogP contribution in [0.5, 0.6) is 0 Å². The van der Waals surface area contributed by atoms with E-state index in [1.807, 2.05) is 50.5 Å². The molecule has 1 aliphatic rings. The molecule has 0 radical (unpaired) electrons. The van der Waals surface area contributed by atoms with Crippen LogP contribution in [0, 0.1) is 18.3 Å². The van der Waals surface area contributed by atoms with E-state index in [0.717, 1.165) is 28.9 Å². The van der Waals surface area contributed by atoms with Crippen LogP contribution in [0.25, 0.3) is 16.9 Å². The van der Waals surface area contributed by atoms with Crippen LogP contribution in [0.15, 0.2) is 42.7 Å². The van der Waals surface area contributed by atoms with Crippen LogP contribution in [0.4, 0.5) is 10.6 Å². The molecule has 8 heteroatoms. The van der Waals surface area contributed by atoms with E-state index in [1.54, 1.807) is 15.6 Å². The smallest absolute Gasteiger partial charge is 0.320 e. The fraction of sp³-hybridized carbons (Fsp3) is 0.333. The number of para-hydroxylation sites is 1. The fourth-order valence-electron chi connectivity index (χ4n) is 3.80. The Morgan fingerprint density at radius 3 is 2.62 bits per heavy atom. The Morgan fingerprint density at radius 1 is 1.24 bits per heavy atom. The minimum Gasteiger partial charge on any atom is -0.334 e. The van der Waals surface area contributed by atoms with Crippen molar-refractivity contribution in [3.8, 4) is 16.9 Å². The molecular formula is C21H25N7O. The minimum atomic E-state index is -0.283. The molecule has 0 saturated heterocycles. The van der Waals surface area contributed by atoms with Gasteiger partial charge in [0.15, 0.2) is 0 Å². The number of aromatic nitrogens is 4. The number of carbonyl (C=O) groups is 1. The molecule has 150 valence electrons. The van der Waals surface area contributed by atoms with Crippen molar-refractivity contribution in [1.29, 1.82) is 5.41 Å². The van der Waals surface area contributed by atoms with Crippen LogP contribution in [0.1, 0.15) is 25.3 Å². The van der Waals surface area contributed by atoms with E-state index >= 15 is 0 Å². The lowest BCUT2D eigenvalue weighted by molar-refractivity contribution is 0.246. The zero-order valence-corrected chi connectivity index (χ0v) is 16.8. The first-order chi connectivity index (χ1) is 13.9. The van der Waals surface area contributed by atoms with Gasteiger partial charge in [0.2, 0.25) is 0 Å². The summed E-state index contributed by atoms with van der Waals surface area (Å²) in [4.78, 5) is 12.8. The number of urea groups is 1. The molecule has 3 aromatic rings. The van der Waals surface area contributed by atoms with Gasteiger partial charge in [0.1, 0.15) is 11.5 Å². The van der Waals surface area contributed by atoms with Crippen molar-refractivity contribution in [3.63, 3.8) is 0 Å². The molecule has 2 amide bonds. The highest BCUT2D eigenvalue weighted by molar-refractivity contribution is 5.92. The highest BCUT2D eigenvalue weighted by atomic mass is 16.2. The zero-order chi connectivity index (χ0) is 20.5. The topological polar surface area (TPSA) is 101 Å². The number of carbonyl (C=O) groups excluding carboxylic acids is 1. The molecule has 29 heavy (non-hydrogen) atoms. The second-order valence-electron chi connectivity index (χ2n) is 7.67. The number of nitrogens with zero attached hydrogens (tertiary/aromatic N) is 4. The Labute approximate surface area is 169 Å². The molecule has 0 bridgehead atoms. The van der Waals surface area contributed by atoms with E-state index in [-0.39, 0.29) is 18.0 Å². The average Bonchev–Trinajstić information content (AvgIpc) is 3.35. The lowest BCUT2D eigenvalue weighted by atomic mass is 10.1. The van der Waals surface area contributed by atoms with Crippen molar-refractivity contribution >= 4 is 17.6 Å². The summed E-state index contributed by atoms with van der Waals surface area (Å²) in [6, 6.07) is 9.41. The molecule has 0 spiro atoms. The molecule has 2 atom stereocenters. The normalized spacial score (nSPS) is 18.8. The van der Waals surface area contributed by atoms with Gasteiger partial charge in [0, 0.05) is 42.5 Å². The lowest BCUT2D eigenvalue weighted by Gasteiger charge is -2.18. The highest BCUT2D eigenvalue weighted by Crippen LogP contribution is 2.30. The predicted molar refractivity (Wildman–Crippen MR) is 113 cm³/mol. The van der Waals surface area contributed by atoms with Gasteiger partial charge >= 0.3 is 6.03 Å². The van der Waals surface area contributed by atoms with Gasteiger partial charge in [0.05, 0.1) is 11.9 Å². The monoisotopic (exact) mass is 391 g/mol. The van der Waals surface area contributed by atoms with E-state index < -0.39 is 0 Å². The van der Waals surface area contributed by atoms with Gasteiger partial charge in [-0.1, -0.05) is 25.1 Å². The largest absolute Gasteiger partial charge is 0.334 e. The van der Waals surface area contributed by atoms with Crippen LogP contribution in [0.2, 0.25) is 0 Å². The van der Waals surface area contributed by atoms with Crippen molar-refractivity contribution in [2.75, 3.05) is 5.32 Å². The molecule has 1 saturated carbocycles. The van der Waals surface area contributed by atoms with Crippen molar-refractivity contribution < 1.29 is 4.79 Å². The summed E-state index contributed by atoms with van der Waals surface area (Å²) >= 11 is 0. The number of hydrogen-bond acceptors (Lipinski definition) is 4. The third-order valence-electron chi connectivity index (χ3n) is 5.37. The van der Waals surface area contributed by atoms with Gasteiger partial charge in [-0.3, -0.25) is 10.00 Å². The first-order valence-electron chi connectivity index (χ1n) is 9.70. The molecule has 1 aromatic carbocycles. The molecule has 8 nitrogen and oxygen atoms in total. The van der Waals surface area contributed by atoms with Crippen molar-refractivity contribution in [2.45, 2.75) is 32.7 Å². The third-order valence-corrected chi connectivity index (χ3v) is 5.37. The number of rotatable bonds is 4. The number of benzene rings is 1. The number of aryl methyl sites for hydroxylation is 1. The maximum atomic E-state index is 12.8. The second-order valence-corrected chi connectivity index (χ2v) is 7.67. The molecule has 0 aliphatic heterocycles. The number of anilines is 1. The quantitative estimate of drug-likeness (QED) is 0.634. The molecule has 4 rings (SSSR count). The SMILES string of the molecule is Cc1c(-c2cnn(C)c2)nn(-c2ccccc2)c1NC(=O)N[C@@H]1CC(=N)C[C@H]1C. The summed E-state index contributed by atoms with van der Waals surface area (Å²) in [6.45, 7) is 4.00. The molecule has 1 aliphatic carbocycles. The third kappa shape index (κ3) is 3.78. The van der Waals surface area contributed by atoms with E-state index in [2.05, 4.69) is 22.7 Å². The van der Waals surface area contributed by atoms with E-state index in [0.29, 0.717) is 18.0 Å². The number of amides is 2. The van der Waals surface area contributed by atoms with Crippen molar-refractivity contribution in [3.05, 3.63) is 48.3 Å². The van der Waals surface area contributed by atoms with Gasteiger partial charge in [0.25, 0.3) is 0 Å². The minimum absolute atomic E-state index is 0.0197. The predicted octanol–water partition coefficient (Wildman–Crippen LogP) is 3.52. The van der Waals surface area contributed by atoms with Gasteiger partial charge in [-0.05, 0) is 31.4 Å². The summed E-state index contributed by atoms with van der Waals surface area (Å²) in [6.07, 6.45) is 5.00. The summed E-state index contributed by atoms with van der Waals surface area (Å²) in [5.74, 6) is 0.882. The maximum Gasteiger partial charge on any atom is 0.320 e. The number of hydrogen-bond donors (Lipinski definition) is 3. The molecule has 3 N–H and O–H groups in total. The van der Waals surface area contributed by atoms with Gasteiger partial charge in [-0.25, -0.2) is 9.48 Å². The fourth-order valence-corrected chi connectivity index (χ4v) is 3.80. The van der Waals surface area contributed by atoms with Crippen LogP contribution in [-0.4, -0.2) is 37.3 Å². The Kier molecular flexibility index (Phi) is 4.92. The first kappa shape index (κ1) is 18.9. The zero-order valence-electron chi connectivity index (χ0n) is 16.8. The Hall–Kier alpha value is -3.42.